The Morgan fingerprint density at radius 3 is 2.36 bits per heavy atom. The van der Waals surface area contributed by atoms with Gasteiger partial charge in [0.2, 0.25) is 0 Å². The van der Waals surface area contributed by atoms with Gasteiger partial charge in [-0.15, -0.1) is 0 Å². The first kappa shape index (κ1) is 18.1. The molecule has 0 saturated heterocycles. The summed E-state index contributed by atoms with van der Waals surface area (Å²) >= 11 is 6.23. The standard InChI is InChI=1S/C19H24ClNO4/c1-11-5-6-12(7-13(11)20)18-8-19(9-18,10-18)14(15(22)23)21-16(24)25-17(2,3)4/h5-7,14H,8-10H2,1-4H3,(H,21,24)(H,22,23). The molecule has 0 heterocycles. The zero-order valence-corrected chi connectivity index (χ0v) is 15.7. The van der Waals surface area contributed by atoms with Crippen LogP contribution >= 0.6 is 11.6 Å². The van der Waals surface area contributed by atoms with E-state index in [1.54, 1.807) is 20.8 Å². The zero-order valence-electron chi connectivity index (χ0n) is 15.0. The Kier molecular flexibility index (Phi) is 4.06. The van der Waals surface area contributed by atoms with Crippen LogP contribution in [0.3, 0.4) is 0 Å². The SMILES string of the molecule is Cc1ccc(C23CC(C(NC(=O)OC(C)(C)C)C(=O)O)(C2)C3)cc1Cl. The molecule has 2 N–H and O–H groups in total. The van der Waals surface area contributed by atoms with Crippen LogP contribution in [0.15, 0.2) is 18.2 Å². The molecule has 3 aliphatic carbocycles. The predicted molar refractivity (Wildman–Crippen MR) is 94.9 cm³/mol. The van der Waals surface area contributed by atoms with Crippen molar-refractivity contribution in [3.8, 4) is 0 Å². The van der Waals surface area contributed by atoms with Gasteiger partial charge in [-0.1, -0.05) is 23.7 Å². The topological polar surface area (TPSA) is 75.6 Å². The number of carbonyl (C=O) groups is 2. The van der Waals surface area contributed by atoms with Gasteiger partial charge in [-0.25, -0.2) is 9.59 Å². The Bertz CT molecular complexity index is 718. The number of ether oxygens (including phenoxy) is 1. The monoisotopic (exact) mass is 365 g/mol. The number of hydrogen-bond acceptors (Lipinski definition) is 3. The highest BCUT2D eigenvalue weighted by Gasteiger charge is 2.72. The van der Waals surface area contributed by atoms with Crippen LogP contribution in [0.25, 0.3) is 0 Å². The van der Waals surface area contributed by atoms with Crippen molar-refractivity contribution in [2.24, 2.45) is 5.41 Å². The lowest BCUT2D eigenvalue weighted by Crippen LogP contribution is -2.73. The summed E-state index contributed by atoms with van der Waals surface area (Å²) in [4.78, 5) is 23.7. The molecule has 6 heteroatoms. The fraction of sp³-hybridized carbons (Fsp3) is 0.579. The molecule has 5 nitrogen and oxygen atoms in total. The average Bonchev–Trinajstić information content (AvgIpc) is 2.36. The highest BCUT2D eigenvalue weighted by molar-refractivity contribution is 6.31. The third kappa shape index (κ3) is 3.10. The number of benzene rings is 1. The molecule has 0 spiro atoms. The van der Waals surface area contributed by atoms with Gasteiger partial charge >= 0.3 is 12.1 Å². The Hall–Kier alpha value is -1.75. The third-order valence-electron chi connectivity index (χ3n) is 5.38. The summed E-state index contributed by atoms with van der Waals surface area (Å²) in [5.41, 5.74) is 1.14. The predicted octanol–water partition coefficient (Wildman–Crippen LogP) is 4.05. The van der Waals surface area contributed by atoms with E-state index in [4.69, 9.17) is 16.3 Å². The number of nitrogens with one attached hydrogen (secondary N) is 1. The van der Waals surface area contributed by atoms with Crippen molar-refractivity contribution in [1.29, 1.82) is 0 Å². The molecule has 0 aromatic heterocycles. The fourth-order valence-electron chi connectivity index (χ4n) is 4.30. The van der Waals surface area contributed by atoms with E-state index in [2.05, 4.69) is 11.4 Å². The van der Waals surface area contributed by atoms with Crippen LogP contribution in [-0.2, 0) is 14.9 Å². The molecule has 136 valence electrons. The number of carbonyl (C=O) groups excluding carboxylic acids is 1. The molecule has 3 saturated carbocycles. The Labute approximate surface area is 152 Å². The van der Waals surface area contributed by atoms with Crippen molar-refractivity contribution in [2.75, 3.05) is 0 Å². The minimum Gasteiger partial charge on any atom is -0.480 e. The smallest absolute Gasteiger partial charge is 0.408 e. The lowest BCUT2D eigenvalue weighted by atomic mass is 9.31. The molecule has 3 fully saturated rings. The number of rotatable bonds is 4. The number of hydrogen-bond donors (Lipinski definition) is 2. The number of amides is 1. The minimum atomic E-state index is -1.01. The molecule has 3 aliphatic rings. The molecule has 1 aromatic carbocycles. The Morgan fingerprint density at radius 1 is 1.28 bits per heavy atom. The molecule has 1 unspecified atom stereocenters. The van der Waals surface area contributed by atoms with E-state index in [1.807, 2.05) is 19.1 Å². The van der Waals surface area contributed by atoms with Gasteiger partial charge in [0.05, 0.1) is 0 Å². The molecule has 0 aliphatic heterocycles. The zero-order chi connectivity index (χ0) is 18.6. The van der Waals surface area contributed by atoms with E-state index < -0.39 is 23.7 Å². The Morgan fingerprint density at radius 2 is 1.88 bits per heavy atom. The van der Waals surface area contributed by atoms with Crippen LogP contribution in [0, 0.1) is 12.3 Å². The van der Waals surface area contributed by atoms with Gasteiger partial charge in [-0.2, -0.15) is 0 Å². The summed E-state index contributed by atoms with van der Waals surface area (Å²) < 4.78 is 5.21. The second-order valence-corrected chi connectivity index (χ2v) is 8.96. The summed E-state index contributed by atoms with van der Waals surface area (Å²) in [5.74, 6) is -1.01. The Balaban J connectivity index is 1.70. The van der Waals surface area contributed by atoms with Crippen molar-refractivity contribution in [3.05, 3.63) is 34.3 Å². The van der Waals surface area contributed by atoms with E-state index >= 15 is 0 Å². The van der Waals surface area contributed by atoms with E-state index in [-0.39, 0.29) is 10.8 Å². The van der Waals surface area contributed by atoms with E-state index in [9.17, 15) is 14.7 Å². The van der Waals surface area contributed by atoms with Gasteiger partial charge in [0.15, 0.2) is 0 Å². The van der Waals surface area contributed by atoms with Crippen LogP contribution in [0.4, 0.5) is 4.79 Å². The summed E-state index contributed by atoms with van der Waals surface area (Å²) in [5, 5.41) is 12.9. The summed E-state index contributed by atoms with van der Waals surface area (Å²) in [6.07, 6.45) is 1.54. The normalized spacial score (nSPS) is 28.4. The number of alkyl carbamates (subject to hydrolysis) is 1. The second-order valence-electron chi connectivity index (χ2n) is 8.55. The molecular formula is C19H24ClNO4. The van der Waals surface area contributed by atoms with Crippen LogP contribution in [0.2, 0.25) is 5.02 Å². The number of halogens is 1. The highest BCUT2D eigenvalue weighted by atomic mass is 35.5. The summed E-state index contributed by atoms with van der Waals surface area (Å²) in [6, 6.07) is 5.13. The fourth-order valence-corrected chi connectivity index (χ4v) is 4.48. The van der Waals surface area contributed by atoms with E-state index in [0.717, 1.165) is 35.4 Å². The van der Waals surface area contributed by atoms with Crippen molar-refractivity contribution >= 4 is 23.7 Å². The maximum Gasteiger partial charge on any atom is 0.408 e. The molecule has 2 bridgehead atoms. The van der Waals surface area contributed by atoms with Crippen molar-refractivity contribution in [2.45, 2.75) is 64.0 Å². The molecular weight excluding hydrogens is 342 g/mol. The first-order valence-electron chi connectivity index (χ1n) is 8.45. The van der Waals surface area contributed by atoms with Gasteiger partial charge < -0.3 is 15.2 Å². The van der Waals surface area contributed by atoms with Crippen LogP contribution in [0.1, 0.15) is 51.2 Å². The van der Waals surface area contributed by atoms with Gasteiger partial charge in [0.25, 0.3) is 0 Å². The lowest BCUT2D eigenvalue weighted by Gasteiger charge is -2.72. The van der Waals surface area contributed by atoms with Crippen LogP contribution in [0.5, 0.6) is 0 Å². The van der Waals surface area contributed by atoms with E-state index in [0.29, 0.717) is 0 Å². The van der Waals surface area contributed by atoms with Gasteiger partial charge in [0, 0.05) is 10.4 Å². The molecule has 0 radical (unpaired) electrons. The van der Waals surface area contributed by atoms with Gasteiger partial charge in [0.1, 0.15) is 11.6 Å². The highest BCUT2D eigenvalue weighted by Crippen LogP contribution is 2.75. The second kappa shape index (κ2) is 5.63. The molecule has 1 aromatic rings. The maximum atomic E-state index is 12.0. The van der Waals surface area contributed by atoms with E-state index in [1.165, 1.54) is 0 Å². The molecule has 25 heavy (non-hydrogen) atoms. The van der Waals surface area contributed by atoms with Crippen molar-refractivity contribution in [3.63, 3.8) is 0 Å². The van der Waals surface area contributed by atoms with Crippen molar-refractivity contribution < 1.29 is 19.4 Å². The average molecular weight is 366 g/mol. The summed E-state index contributed by atoms with van der Waals surface area (Å²) in [6.45, 7) is 7.21. The van der Waals surface area contributed by atoms with Gasteiger partial charge in [-0.05, 0) is 69.6 Å². The third-order valence-corrected chi connectivity index (χ3v) is 5.78. The van der Waals surface area contributed by atoms with Crippen LogP contribution < -0.4 is 5.32 Å². The largest absolute Gasteiger partial charge is 0.480 e. The minimum absolute atomic E-state index is 0.000647. The quantitative estimate of drug-likeness (QED) is 0.844. The number of aliphatic carboxylic acids is 1. The molecule has 4 rings (SSSR count). The number of carboxylic acids is 1. The molecule has 1 amide bonds. The van der Waals surface area contributed by atoms with Gasteiger partial charge in [-0.3, -0.25) is 0 Å². The van der Waals surface area contributed by atoms with Crippen LogP contribution in [-0.4, -0.2) is 28.8 Å². The number of aryl methyl sites for hydroxylation is 1. The lowest BCUT2D eigenvalue weighted by molar-refractivity contribution is -0.183. The summed E-state index contributed by atoms with van der Waals surface area (Å²) in [7, 11) is 0. The molecule has 1 atom stereocenters. The van der Waals surface area contributed by atoms with Crippen molar-refractivity contribution in [1.82, 2.24) is 5.32 Å². The maximum absolute atomic E-state index is 12.0. The number of carboxylic acid groups (broad SMARTS) is 1. The first-order chi connectivity index (χ1) is 11.5. The first-order valence-corrected chi connectivity index (χ1v) is 8.83.